The number of thioether (sulfide) groups is 1. The van der Waals surface area contributed by atoms with E-state index < -0.39 is 40.4 Å². The Kier molecular flexibility index (Phi) is 5.98. The number of rotatable bonds is 6. The fourth-order valence-corrected chi connectivity index (χ4v) is 4.70. The number of nitriles is 1. The molecule has 2 atom stereocenters. The molecule has 2 unspecified atom stereocenters. The lowest BCUT2D eigenvalue weighted by Crippen LogP contribution is -2.39. The molecule has 3 rings (SSSR count). The molecule has 31 heavy (non-hydrogen) atoms. The van der Waals surface area contributed by atoms with Crippen LogP contribution in [-0.2, 0) is 19.1 Å². The second kappa shape index (κ2) is 8.49. The highest BCUT2D eigenvalue weighted by Crippen LogP contribution is 2.50. The first-order valence-electron chi connectivity index (χ1n) is 8.99. The van der Waals surface area contributed by atoms with Gasteiger partial charge < -0.3 is 15.6 Å². The minimum atomic E-state index is -1.21. The third kappa shape index (κ3) is 3.82. The molecule has 1 saturated heterocycles. The maximum atomic E-state index is 12.8. The molecule has 3 N–H and O–H groups in total. The smallest absolute Gasteiger partial charge is 0.338 e. The van der Waals surface area contributed by atoms with E-state index in [-0.39, 0.29) is 39.9 Å². The molecule has 2 aliphatic rings. The lowest BCUT2D eigenvalue weighted by molar-refractivity contribution is -0.384. The van der Waals surface area contributed by atoms with E-state index in [0.717, 1.165) is 16.7 Å². The normalized spacial score (nSPS) is 20.4. The van der Waals surface area contributed by atoms with Crippen molar-refractivity contribution in [1.82, 2.24) is 4.90 Å². The molecular formula is C19H16N4O7S. The van der Waals surface area contributed by atoms with Gasteiger partial charge in [0.05, 0.1) is 46.1 Å². The molecule has 0 bridgehead atoms. The zero-order valence-corrected chi connectivity index (χ0v) is 16.9. The van der Waals surface area contributed by atoms with Gasteiger partial charge in [-0.05, 0) is 12.5 Å². The zero-order chi connectivity index (χ0) is 22.9. The van der Waals surface area contributed by atoms with Gasteiger partial charge in [0.1, 0.15) is 11.1 Å². The van der Waals surface area contributed by atoms with Crippen molar-refractivity contribution in [3.8, 4) is 6.07 Å². The second-order valence-electron chi connectivity index (χ2n) is 6.51. The summed E-state index contributed by atoms with van der Waals surface area (Å²) >= 11 is 0.856. The summed E-state index contributed by atoms with van der Waals surface area (Å²) in [7, 11) is 0. The van der Waals surface area contributed by atoms with Crippen LogP contribution < -0.4 is 5.73 Å². The average Bonchev–Trinajstić information content (AvgIpc) is 3.03. The number of aliphatic carboxylic acids is 1. The van der Waals surface area contributed by atoms with E-state index in [9.17, 15) is 29.8 Å². The Labute approximate surface area is 179 Å². The molecular weight excluding hydrogens is 428 g/mol. The fraction of sp³-hybridized carbons (Fsp3) is 0.263. The molecule has 2 heterocycles. The van der Waals surface area contributed by atoms with Crippen molar-refractivity contribution in [3.05, 3.63) is 61.9 Å². The summed E-state index contributed by atoms with van der Waals surface area (Å²) in [6, 6.07) is 7.32. The van der Waals surface area contributed by atoms with Crippen LogP contribution in [0.2, 0.25) is 0 Å². The van der Waals surface area contributed by atoms with Gasteiger partial charge in [0.15, 0.2) is 0 Å². The van der Waals surface area contributed by atoms with Gasteiger partial charge in [-0.3, -0.25) is 24.6 Å². The van der Waals surface area contributed by atoms with Gasteiger partial charge in [-0.25, -0.2) is 4.79 Å². The number of nitro benzene ring substituents is 1. The van der Waals surface area contributed by atoms with Crippen molar-refractivity contribution in [1.29, 1.82) is 5.26 Å². The van der Waals surface area contributed by atoms with E-state index in [4.69, 9.17) is 15.6 Å². The third-order valence-electron chi connectivity index (χ3n) is 4.67. The SMILES string of the molecule is CCOC(=O)C1=C(N)N2C(=O)C(CC(=O)O)SC2=C(C#N)C1c1cccc([N+](=O)[O-])c1. The number of nitrogens with zero attached hydrogens (tertiary/aromatic N) is 3. The number of non-ortho nitro benzene ring substituents is 1. The van der Waals surface area contributed by atoms with Gasteiger partial charge in [-0.15, -0.1) is 0 Å². The molecule has 0 saturated carbocycles. The quantitative estimate of drug-likeness (QED) is 0.372. The predicted octanol–water partition coefficient (Wildman–Crippen LogP) is 1.58. The zero-order valence-electron chi connectivity index (χ0n) is 16.1. The third-order valence-corrected chi connectivity index (χ3v) is 5.95. The minimum Gasteiger partial charge on any atom is -0.481 e. The molecule has 1 amide bonds. The van der Waals surface area contributed by atoms with Crippen LogP contribution in [0.15, 0.2) is 46.3 Å². The maximum absolute atomic E-state index is 12.8. The van der Waals surface area contributed by atoms with Crippen LogP contribution in [0.1, 0.15) is 24.8 Å². The van der Waals surface area contributed by atoms with Gasteiger partial charge in [-0.1, -0.05) is 23.9 Å². The maximum Gasteiger partial charge on any atom is 0.338 e. The number of carbonyl (C=O) groups is 3. The number of ether oxygens (including phenoxy) is 1. The summed E-state index contributed by atoms with van der Waals surface area (Å²) in [5.41, 5.74) is 5.87. The van der Waals surface area contributed by atoms with Gasteiger partial charge in [0, 0.05) is 12.1 Å². The monoisotopic (exact) mass is 444 g/mol. The van der Waals surface area contributed by atoms with E-state index in [1.54, 1.807) is 6.92 Å². The molecule has 0 spiro atoms. The Morgan fingerprint density at radius 2 is 2.16 bits per heavy atom. The van der Waals surface area contributed by atoms with Crippen LogP contribution in [0.3, 0.4) is 0 Å². The molecule has 160 valence electrons. The first-order chi connectivity index (χ1) is 14.7. The van der Waals surface area contributed by atoms with Gasteiger partial charge >= 0.3 is 11.9 Å². The number of fused-ring (bicyclic) bond motifs is 1. The van der Waals surface area contributed by atoms with E-state index in [0.29, 0.717) is 0 Å². The number of carboxylic acid groups (broad SMARTS) is 1. The van der Waals surface area contributed by atoms with Crippen molar-refractivity contribution in [2.45, 2.75) is 24.5 Å². The first-order valence-corrected chi connectivity index (χ1v) is 9.87. The molecule has 1 fully saturated rings. The van der Waals surface area contributed by atoms with Crippen molar-refractivity contribution < 1.29 is 29.2 Å². The van der Waals surface area contributed by atoms with Gasteiger partial charge in [0.25, 0.3) is 5.69 Å². The largest absolute Gasteiger partial charge is 0.481 e. The van der Waals surface area contributed by atoms with Crippen LogP contribution in [0.4, 0.5) is 5.69 Å². The molecule has 12 heteroatoms. The number of amides is 1. The van der Waals surface area contributed by atoms with Crippen molar-refractivity contribution in [3.63, 3.8) is 0 Å². The summed E-state index contributed by atoms with van der Waals surface area (Å²) in [5, 5.41) is 29.3. The summed E-state index contributed by atoms with van der Waals surface area (Å²) in [6.45, 7) is 1.55. The lowest BCUT2D eigenvalue weighted by Gasteiger charge is -2.31. The van der Waals surface area contributed by atoms with Crippen LogP contribution in [0.5, 0.6) is 0 Å². The van der Waals surface area contributed by atoms with Crippen molar-refractivity contribution in [2.24, 2.45) is 5.73 Å². The molecule has 0 aliphatic carbocycles. The number of nitrogens with two attached hydrogens (primary N) is 1. The molecule has 1 aromatic carbocycles. The highest BCUT2D eigenvalue weighted by atomic mass is 32.2. The first kappa shape index (κ1) is 21.8. The van der Waals surface area contributed by atoms with Crippen LogP contribution >= 0.6 is 11.8 Å². The number of hydrogen-bond acceptors (Lipinski definition) is 9. The molecule has 2 aliphatic heterocycles. The molecule has 0 aromatic heterocycles. The highest BCUT2D eigenvalue weighted by Gasteiger charge is 2.48. The van der Waals surface area contributed by atoms with E-state index >= 15 is 0 Å². The Hall–Kier alpha value is -3.85. The number of esters is 1. The minimum absolute atomic E-state index is 0.0138. The van der Waals surface area contributed by atoms with Gasteiger partial charge in [0.2, 0.25) is 5.91 Å². The Bertz CT molecular complexity index is 1100. The Morgan fingerprint density at radius 3 is 2.74 bits per heavy atom. The number of hydrogen-bond donors (Lipinski definition) is 2. The van der Waals surface area contributed by atoms with E-state index in [1.807, 2.05) is 6.07 Å². The highest BCUT2D eigenvalue weighted by molar-refractivity contribution is 8.04. The Morgan fingerprint density at radius 1 is 1.45 bits per heavy atom. The van der Waals surface area contributed by atoms with Gasteiger partial charge in [-0.2, -0.15) is 5.26 Å². The number of carbonyl (C=O) groups excluding carboxylic acids is 2. The number of nitro groups is 1. The number of benzene rings is 1. The standard InChI is InChI=1S/C19H16N4O7S/c1-2-30-19(27)15-14(9-4-3-5-10(6-9)23(28)29)11(8-20)18-22(16(15)21)17(26)12(31-18)7-13(24)25/h3-6,12,14H,2,7,21H2,1H3,(H,24,25). The Balaban J connectivity index is 2.24. The topological polar surface area (TPSA) is 177 Å². The number of allylic oxidation sites excluding steroid dienone is 1. The summed E-state index contributed by atoms with van der Waals surface area (Å²) in [4.78, 5) is 48.3. The van der Waals surface area contributed by atoms with Crippen LogP contribution in [0, 0.1) is 21.4 Å². The van der Waals surface area contributed by atoms with E-state index in [2.05, 4.69) is 0 Å². The lowest BCUT2D eigenvalue weighted by atomic mass is 9.83. The molecule has 0 radical (unpaired) electrons. The average molecular weight is 444 g/mol. The predicted molar refractivity (Wildman–Crippen MR) is 107 cm³/mol. The second-order valence-corrected chi connectivity index (χ2v) is 7.70. The molecule has 1 aromatic rings. The summed E-state index contributed by atoms with van der Waals surface area (Å²) in [6.07, 6.45) is -0.508. The van der Waals surface area contributed by atoms with Crippen molar-refractivity contribution in [2.75, 3.05) is 6.61 Å². The number of carboxylic acids is 1. The van der Waals surface area contributed by atoms with E-state index in [1.165, 1.54) is 24.3 Å². The fourth-order valence-electron chi connectivity index (χ4n) is 3.41. The summed E-state index contributed by atoms with van der Waals surface area (Å²) < 4.78 is 5.07. The molecule has 11 nitrogen and oxygen atoms in total. The van der Waals surface area contributed by atoms with Crippen molar-refractivity contribution >= 4 is 35.3 Å². The van der Waals surface area contributed by atoms with Crippen LogP contribution in [0.25, 0.3) is 0 Å². The summed E-state index contributed by atoms with van der Waals surface area (Å²) in [5.74, 6) is -4.20. The van der Waals surface area contributed by atoms with Crippen LogP contribution in [-0.4, -0.2) is 44.6 Å².